The van der Waals surface area contributed by atoms with Crippen LogP contribution in [-0.2, 0) is 28.5 Å². The van der Waals surface area contributed by atoms with E-state index >= 15 is 0 Å². The summed E-state index contributed by atoms with van der Waals surface area (Å²) >= 11 is -1.61. The van der Waals surface area contributed by atoms with Crippen molar-refractivity contribution in [3.05, 3.63) is 60.0 Å². The van der Waals surface area contributed by atoms with Crippen LogP contribution in [0.15, 0.2) is 47.0 Å². The van der Waals surface area contributed by atoms with Crippen molar-refractivity contribution < 1.29 is 26.0 Å². The molecule has 2 aromatic heterocycles. The molecule has 32 heavy (non-hydrogen) atoms. The highest BCUT2D eigenvalue weighted by Crippen LogP contribution is 2.25. The predicted molar refractivity (Wildman–Crippen MR) is 113 cm³/mol. The van der Waals surface area contributed by atoms with Crippen LogP contribution in [0.4, 0.5) is 18.9 Å². The van der Waals surface area contributed by atoms with Gasteiger partial charge in [-0.05, 0) is 36.4 Å². The Hall–Kier alpha value is -2.64. The highest BCUT2D eigenvalue weighted by atomic mass is 32.2. The summed E-state index contributed by atoms with van der Waals surface area (Å²) in [5.74, 6) is -0.413. The van der Waals surface area contributed by atoms with Gasteiger partial charge in [-0.3, -0.25) is 13.5 Å². The minimum absolute atomic E-state index is 0.0837. The first-order valence-corrected chi connectivity index (χ1v) is 12.1. The monoisotopic (exact) mass is 485 g/mol. The molecule has 1 saturated heterocycles. The van der Waals surface area contributed by atoms with Crippen molar-refractivity contribution in [2.24, 2.45) is 0 Å². The summed E-state index contributed by atoms with van der Waals surface area (Å²) in [4.78, 5) is 4.30. The third-order valence-electron chi connectivity index (χ3n) is 4.67. The van der Waals surface area contributed by atoms with Crippen LogP contribution in [0.25, 0.3) is 11.5 Å². The van der Waals surface area contributed by atoms with Gasteiger partial charge in [0, 0.05) is 41.6 Å². The Kier molecular flexibility index (Phi) is 6.96. The van der Waals surface area contributed by atoms with Crippen LogP contribution >= 0.6 is 0 Å². The number of anilines is 1. The second kappa shape index (κ2) is 9.88. The molecule has 3 heterocycles. The minimum atomic E-state index is -2.87. The number of rotatable bonds is 7. The SMILES string of the molecule is O=S1CCN(S(=O)N(Cc2ccc(-c3nnc(C(F)F)o3)cn2)c2ccc(F)cc2)CC1. The standard InChI is InChI=1S/C19H18F3N5O3S2/c20-14-2-5-16(6-3-14)27(32(29)26-7-9-31(28)10-8-26)12-15-4-1-13(11-23-15)18-24-25-19(30-18)17(21)22/h1-6,11,17H,7-10,12H2. The summed E-state index contributed by atoms with van der Waals surface area (Å²) in [6, 6.07) is 8.80. The number of pyridine rings is 1. The molecule has 0 N–H and O–H groups in total. The summed E-state index contributed by atoms with van der Waals surface area (Å²) in [5.41, 5.74) is 1.42. The van der Waals surface area contributed by atoms with Crippen molar-refractivity contribution >= 4 is 27.7 Å². The average molecular weight is 486 g/mol. The van der Waals surface area contributed by atoms with Gasteiger partial charge >= 0.3 is 6.43 Å². The lowest BCUT2D eigenvalue weighted by Gasteiger charge is -2.32. The first kappa shape index (κ1) is 22.6. The molecule has 0 bridgehead atoms. The molecule has 0 radical (unpaired) electrons. The van der Waals surface area contributed by atoms with Crippen molar-refractivity contribution in [2.75, 3.05) is 28.9 Å². The molecule has 1 aliphatic heterocycles. The van der Waals surface area contributed by atoms with E-state index in [1.54, 1.807) is 20.7 Å². The van der Waals surface area contributed by atoms with E-state index in [0.717, 1.165) is 0 Å². The summed E-state index contributed by atoms with van der Waals surface area (Å²) in [6.45, 7) is 0.948. The zero-order valence-corrected chi connectivity index (χ0v) is 18.2. The van der Waals surface area contributed by atoms with E-state index in [0.29, 0.717) is 41.5 Å². The van der Waals surface area contributed by atoms with E-state index in [1.807, 2.05) is 0 Å². The molecule has 1 fully saturated rings. The van der Waals surface area contributed by atoms with E-state index < -0.39 is 40.1 Å². The molecule has 1 atom stereocenters. The smallest absolute Gasteiger partial charge is 0.314 e. The van der Waals surface area contributed by atoms with Crippen molar-refractivity contribution in [3.8, 4) is 11.5 Å². The van der Waals surface area contributed by atoms with E-state index in [1.165, 1.54) is 30.5 Å². The van der Waals surface area contributed by atoms with Gasteiger partial charge in [-0.15, -0.1) is 10.2 Å². The van der Waals surface area contributed by atoms with Crippen LogP contribution in [0, 0.1) is 5.82 Å². The Bertz CT molecular complexity index is 1100. The molecule has 1 unspecified atom stereocenters. The summed E-state index contributed by atoms with van der Waals surface area (Å²) in [7, 11) is -0.922. The van der Waals surface area contributed by atoms with Crippen LogP contribution in [0.5, 0.6) is 0 Å². The highest BCUT2D eigenvalue weighted by Gasteiger charge is 2.26. The first-order valence-electron chi connectivity index (χ1n) is 9.52. The quantitative estimate of drug-likeness (QED) is 0.511. The summed E-state index contributed by atoms with van der Waals surface area (Å²) in [6.07, 6.45) is -1.47. The third-order valence-corrected chi connectivity index (χ3v) is 7.47. The molecule has 0 spiro atoms. The van der Waals surface area contributed by atoms with Gasteiger partial charge in [0.25, 0.3) is 5.89 Å². The van der Waals surface area contributed by atoms with E-state index in [9.17, 15) is 21.6 Å². The molecule has 1 aromatic carbocycles. The van der Waals surface area contributed by atoms with Gasteiger partial charge < -0.3 is 4.42 Å². The van der Waals surface area contributed by atoms with Crippen molar-refractivity contribution in [1.29, 1.82) is 0 Å². The summed E-state index contributed by atoms with van der Waals surface area (Å²) in [5, 5.41) is 6.88. The van der Waals surface area contributed by atoms with Crippen molar-refractivity contribution in [2.45, 2.75) is 13.0 Å². The Balaban J connectivity index is 1.55. The lowest BCUT2D eigenvalue weighted by Crippen LogP contribution is -2.45. The highest BCUT2D eigenvalue weighted by molar-refractivity contribution is 7.86. The summed E-state index contributed by atoms with van der Waals surface area (Å²) < 4.78 is 71.9. The van der Waals surface area contributed by atoms with Crippen LogP contribution in [0.1, 0.15) is 18.0 Å². The Morgan fingerprint density at radius 1 is 1.12 bits per heavy atom. The van der Waals surface area contributed by atoms with Gasteiger partial charge in [-0.25, -0.2) is 12.9 Å². The van der Waals surface area contributed by atoms with E-state index in [2.05, 4.69) is 15.2 Å². The molecule has 3 aromatic rings. The molecule has 170 valence electrons. The van der Waals surface area contributed by atoms with E-state index in [4.69, 9.17) is 4.42 Å². The fraction of sp³-hybridized carbons (Fsp3) is 0.316. The Morgan fingerprint density at radius 2 is 1.84 bits per heavy atom. The van der Waals surface area contributed by atoms with Crippen LogP contribution < -0.4 is 4.31 Å². The molecule has 0 aliphatic carbocycles. The number of hydrogen-bond acceptors (Lipinski definition) is 6. The van der Waals surface area contributed by atoms with Gasteiger partial charge in [0.05, 0.1) is 23.5 Å². The molecule has 1 aliphatic rings. The molecule has 0 amide bonds. The maximum atomic E-state index is 13.4. The zero-order chi connectivity index (χ0) is 22.7. The van der Waals surface area contributed by atoms with Gasteiger partial charge in [-0.2, -0.15) is 8.78 Å². The molecule has 4 rings (SSSR count). The maximum Gasteiger partial charge on any atom is 0.314 e. The Labute approximate surface area is 186 Å². The third kappa shape index (κ3) is 5.22. The molecular weight excluding hydrogens is 467 g/mol. The van der Waals surface area contributed by atoms with Crippen LogP contribution in [0.3, 0.4) is 0 Å². The van der Waals surface area contributed by atoms with Crippen LogP contribution in [-0.4, -0.2) is 52.5 Å². The topological polar surface area (TPSA) is 92.4 Å². The number of hydrogen-bond donors (Lipinski definition) is 0. The molecule has 0 saturated carbocycles. The number of alkyl halides is 2. The van der Waals surface area contributed by atoms with Crippen molar-refractivity contribution in [3.63, 3.8) is 0 Å². The van der Waals surface area contributed by atoms with E-state index in [-0.39, 0.29) is 12.4 Å². The first-order chi connectivity index (χ1) is 15.4. The van der Waals surface area contributed by atoms with Gasteiger partial charge in [0.15, 0.2) is 11.2 Å². The number of halogens is 3. The fourth-order valence-electron chi connectivity index (χ4n) is 2.99. The Morgan fingerprint density at radius 3 is 2.44 bits per heavy atom. The maximum absolute atomic E-state index is 13.4. The fourth-order valence-corrected chi connectivity index (χ4v) is 5.59. The molecule has 8 nitrogen and oxygen atoms in total. The second-order valence-electron chi connectivity index (χ2n) is 6.81. The lowest BCUT2D eigenvalue weighted by molar-refractivity contribution is 0.116. The van der Waals surface area contributed by atoms with Gasteiger partial charge in [0.1, 0.15) is 5.82 Å². The lowest BCUT2D eigenvalue weighted by atomic mass is 10.2. The largest absolute Gasteiger partial charge is 0.415 e. The van der Waals surface area contributed by atoms with Crippen molar-refractivity contribution in [1.82, 2.24) is 19.5 Å². The second-order valence-corrected chi connectivity index (χ2v) is 9.92. The normalized spacial score (nSPS) is 16.4. The number of benzene rings is 1. The van der Waals surface area contributed by atoms with Gasteiger partial charge in [-0.1, -0.05) is 0 Å². The van der Waals surface area contributed by atoms with Gasteiger partial charge in [0.2, 0.25) is 5.89 Å². The van der Waals surface area contributed by atoms with Crippen LogP contribution in [0.2, 0.25) is 0 Å². The number of aromatic nitrogens is 3. The average Bonchev–Trinajstić information content (AvgIpc) is 3.29. The number of nitrogens with zero attached hydrogens (tertiary/aromatic N) is 5. The molecular formula is C19H18F3N5O3S2. The zero-order valence-electron chi connectivity index (χ0n) is 16.6. The molecule has 13 heteroatoms. The minimum Gasteiger partial charge on any atom is -0.415 e. The predicted octanol–water partition coefficient (Wildman–Crippen LogP) is 2.86.